The summed E-state index contributed by atoms with van der Waals surface area (Å²) in [6.07, 6.45) is 2.29. The van der Waals surface area contributed by atoms with Crippen LogP contribution in [0.3, 0.4) is 0 Å². The SMILES string of the molecule is CCOc1cc(C#N)c(C2CC2)cc1CO. The van der Waals surface area contributed by atoms with Crippen molar-refractivity contribution in [2.45, 2.75) is 32.3 Å². The lowest BCUT2D eigenvalue weighted by Crippen LogP contribution is -2.00. The molecule has 1 N–H and O–H groups in total. The first kappa shape index (κ1) is 11.0. The van der Waals surface area contributed by atoms with E-state index >= 15 is 0 Å². The largest absolute Gasteiger partial charge is 0.493 e. The summed E-state index contributed by atoms with van der Waals surface area (Å²) in [5, 5.41) is 18.4. The van der Waals surface area contributed by atoms with E-state index in [1.165, 1.54) is 0 Å². The van der Waals surface area contributed by atoms with Crippen LogP contribution in [0.2, 0.25) is 0 Å². The van der Waals surface area contributed by atoms with Gasteiger partial charge >= 0.3 is 0 Å². The van der Waals surface area contributed by atoms with Crippen LogP contribution in [-0.4, -0.2) is 11.7 Å². The Hall–Kier alpha value is -1.53. The summed E-state index contributed by atoms with van der Waals surface area (Å²) < 4.78 is 5.41. The maximum Gasteiger partial charge on any atom is 0.126 e. The van der Waals surface area contributed by atoms with E-state index in [1.54, 1.807) is 6.07 Å². The van der Waals surface area contributed by atoms with Crippen LogP contribution < -0.4 is 4.74 Å². The quantitative estimate of drug-likeness (QED) is 0.842. The lowest BCUT2D eigenvalue weighted by Gasteiger charge is -2.11. The van der Waals surface area contributed by atoms with Crippen molar-refractivity contribution in [2.24, 2.45) is 0 Å². The number of nitrogens with zero attached hydrogens (tertiary/aromatic N) is 1. The number of rotatable bonds is 4. The highest BCUT2D eigenvalue weighted by atomic mass is 16.5. The average Bonchev–Trinajstić information content (AvgIpc) is 3.13. The molecule has 0 atom stereocenters. The van der Waals surface area contributed by atoms with E-state index in [0.717, 1.165) is 24.0 Å². The zero-order chi connectivity index (χ0) is 11.5. The van der Waals surface area contributed by atoms with Crippen molar-refractivity contribution in [3.8, 4) is 11.8 Å². The molecular formula is C13H15NO2. The first-order valence-corrected chi connectivity index (χ1v) is 5.60. The predicted molar refractivity (Wildman–Crippen MR) is 60.2 cm³/mol. The standard InChI is InChI=1S/C13H15NO2/c1-2-16-13-6-10(7-14)12(9-3-4-9)5-11(13)8-15/h5-6,9,15H,2-4,8H2,1H3. The minimum atomic E-state index is -0.0409. The van der Waals surface area contributed by atoms with Crippen molar-refractivity contribution in [1.29, 1.82) is 5.26 Å². The van der Waals surface area contributed by atoms with E-state index in [9.17, 15) is 5.11 Å². The van der Waals surface area contributed by atoms with Crippen LogP contribution >= 0.6 is 0 Å². The Bertz CT molecular complexity index is 430. The van der Waals surface area contributed by atoms with E-state index < -0.39 is 0 Å². The molecule has 1 aliphatic carbocycles. The van der Waals surface area contributed by atoms with Crippen LogP contribution in [0.4, 0.5) is 0 Å². The van der Waals surface area contributed by atoms with Gasteiger partial charge in [0.25, 0.3) is 0 Å². The highest BCUT2D eigenvalue weighted by molar-refractivity contribution is 5.50. The minimum absolute atomic E-state index is 0.0409. The maximum atomic E-state index is 9.27. The van der Waals surface area contributed by atoms with Gasteiger partial charge in [-0.25, -0.2) is 0 Å². The topological polar surface area (TPSA) is 53.2 Å². The molecule has 84 valence electrons. The summed E-state index contributed by atoms with van der Waals surface area (Å²) >= 11 is 0. The Morgan fingerprint density at radius 2 is 2.25 bits per heavy atom. The van der Waals surface area contributed by atoms with Crippen molar-refractivity contribution in [2.75, 3.05) is 6.61 Å². The van der Waals surface area contributed by atoms with E-state index in [4.69, 9.17) is 10.00 Å². The molecule has 3 heteroatoms. The molecule has 1 saturated carbocycles. The zero-order valence-corrected chi connectivity index (χ0v) is 9.36. The summed E-state index contributed by atoms with van der Waals surface area (Å²) in [4.78, 5) is 0. The summed E-state index contributed by atoms with van der Waals surface area (Å²) in [5.74, 6) is 1.14. The molecule has 3 nitrogen and oxygen atoms in total. The van der Waals surface area contributed by atoms with Gasteiger partial charge in [-0.15, -0.1) is 0 Å². The molecule has 1 fully saturated rings. The molecular weight excluding hydrogens is 202 g/mol. The van der Waals surface area contributed by atoms with Crippen molar-refractivity contribution in [3.63, 3.8) is 0 Å². The summed E-state index contributed by atoms with van der Waals surface area (Å²) in [5.41, 5.74) is 2.53. The third-order valence-corrected chi connectivity index (χ3v) is 2.84. The van der Waals surface area contributed by atoms with Gasteiger partial charge in [0.15, 0.2) is 0 Å². The van der Waals surface area contributed by atoms with Gasteiger partial charge in [0, 0.05) is 5.56 Å². The van der Waals surface area contributed by atoms with Crippen molar-refractivity contribution >= 4 is 0 Å². The normalized spacial score (nSPS) is 14.6. The van der Waals surface area contributed by atoms with E-state index in [2.05, 4.69) is 6.07 Å². The van der Waals surface area contributed by atoms with E-state index in [-0.39, 0.29) is 6.61 Å². The second kappa shape index (κ2) is 4.54. The molecule has 1 aliphatic rings. The van der Waals surface area contributed by atoms with Crippen LogP contribution in [0.1, 0.15) is 42.4 Å². The molecule has 1 aromatic carbocycles. The Balaban J connectivity index is 2.44. The monoisotopic (exact) mass is 217 g/mol. The highest BCUT2D eigenvalue weighted by Gasteiger charge is 2.27. The smallest absolute Gasteiger partial charge is 0.126 e. The minimum Gasteiger partial charge on any atom is -0.493 e. The van der Waals surface area contributed by atoms with Crippen LogP contribution in [0.5, 0.6) is 5.75 Å². The highest BCUT2D eigenvalue weighted by Crippen LogP contribution is 2.43. The number of benzene rings is 1. The van der Waals surface area contributed by atoms with E-state index in [0.29, 0.717) is 23.8 Å². The van der Waals surface area contributed by atoms with Crippen LogP contribution in [0.25, 0.3) is 0 Å². The fourth-order valence-electron chi connectivity index (χ4n) is 1.89. The van der Waals surface area contributed by atoms with Gasteiger partial charge in [0.2, 0.25) is 0 Å². The number of nitriles is 1. The van der Waals surface area contributed by atoms with Crippen LogP contribution in [0.15, 0.2) is 12.1 Å². The Morgan fingerprint density at radius 1 is 1.50 bits per heavy atom. The van der Waals surface area contributed by atoms with Gasteiger partial charge in [-0.05, 0) is 43.4 Å². The van der Waals surface area contributed by atoms with Gasteiger partial charge < -0.3 is 9.84 Å². The molecule has 1 aromatic rings. The molecule has 16 heavy (non-hydrogen) atoms. The van der Waals surface area contributed by atoms with Gasteiger partial charge in [-0.1, -0.05) is 0 Å². The number of hydrogen-bond donors (Lipinski definition) is 1. The molecule has 0 bridgehead atoms. The van der Waals surface area contributed by atoms with Crippen LogP contribution in [0, 0.1) is 11.3 Å². The second-order valence-corrected chi connectivity index (χ2v) is 4.02. The van der Waals surface area contributed by atoms with Gasteiger partial charge in [0.05, 0.1) is 24.8 Å². The maximum absolute atomic E-state index is 9.27. The van der Waals surface area contributed by atoms with Gasteiger partial charge in [-0.3, -0.25) is 0 Å². The predicted octanol–water partition coefficient (Wildman–Crippen LogP) is 2.33. The van der Waals surface area contributed by atoms with Gasteiger partial charge in [-0.2, -0.15) is 5.26 Å². The first-order chi connectivity index (χ1) is 7.80. The summed E-state index contributed by atoms with van der Waals surface area (Å²) in [7, 11) is 0. The molecule has 0 aromatic heterocycles. The molecule has 0 heterocycles. The van der Waals surface area contributed by atoms with Crippen molar-refractivity contribution < 1.29 is 9.84 Å². The number of aliphatic hydroxyl groups excluding tert-OH is 1. The number of ether oxygens (including phenoxy) is 1. The number of hydrogen-bond acceptors (Lipinski definition) is 3. The fraction of sp³-hybridized carbons (Fsp3) is 0.462. The first-order valence-electron chi connectivity index (χ1n) is 5.60. The third-order valence-electron chi connectivity index (χ3n) is 2.84. The third kappa shape index (κ3) is 2.02. The zero-order valence-electron chi connectivity index (χ0n) is 9.36. The lowest BCUT2D eigenvalue weighted by atomic mass is 10.00. The molecule has 0 aliphatic heterocycles. The van der Waals surface area contributed by atoms with Crippen LogP contribution in [-0.2, 0) is 6.61 Å². The Morgan fingerprint density at radius 3 is 2.75 bits per heavy atom. The molecule has 0 spiro atoms. The molecule has 0 saturated heterocycles. The summed E-state index contributed by atoms with van der Waals surface area (Å²) in [6, 6.07) is 5.88. The second-order valence-electron chi connectivity index (χ2n) is 4.02. The average molecular weight is 217 g/mol. The van der Waals surface area contributed by atoms with Crippen molar-refractivity contribution in [1.82, 2.24) is 0 Å². The number of aliphatic hydroxyl groups is 1. The molecule has 0 radical (unpaired) electrons. The Labute approximate surface area is 95.3 Å². The lowest BCUT2D eigenvalue weighted by molar-refractivity contribution is 0.267. The molecule has 0 amide bonds. The molecule has 2 rings (SSSR count). The molecule has 0 unspecified atom stereocenters. The van der Waals surface area contributed by atoms with Crippen molar-refractivity contribution in [3.05, 3.63) is 28.8 Å². The fourth-order valence-corrected chi connectivity index (χ4v) is 1.89. The van der Waals surface area contributed by atoms with Gasteiger partial charge in [0.1, 0.15) is 5.75 Å². The Kier molecular flexibility index (Phi) is 3.12. The van der Waals surface area contributed by atoms with E-state index in [1.807, 2.05) is 13.0 Å². The summed E-state index contributed by atoms with van der Waals surface area (Å²) in [6.45, 7) is 2.39.